The van der Waals surface area contributed by atoms with E-state index in [0.29, 0.717) is 16.5 Å². The zero-order valence-electron chi connectivity index (χ0n) is 13.4. The summed E-state index contributed by atoms with van der Waals surface area (Å²) in [5.74, 6) is 1.08. The normalized spacial score (nSPS) is 11.0. The number of anilines is 1. The van der Waals surface area contributed by atoms with Crippen molar-refractivity contribution < 1.29 is 9.21 Å². The molecule has 3 rings (SSSR count). The Kier molecular flexibility index (Phi) is 5.41. The molecular formula is C20H15BrClNO2. The highest BCUT2D eigenvalue weighted by molar-refractivity contribution is 9.10. The first-order valence-electron chi connectivity index (χ1n) is 7.62. The Morgan fingerprint density at radius 1 is 1.12 bits per heavy atom. The summed E-state index contributed by atoms with van der Waals surface area (Å²) in [5, 5.41) is 3.48. The SMILES string of the molecule is Cc1ccc(-c2ccc(/C=C/C(=O)Nc3ccc(Br)cc3)o2)cc1Cl. The second-order valence-electron chi connectivity index (χ2n) is 5.50. The van der Waals surface area contributed by atoms with Crippen molar-refractivity contribution >= 4 is 45.2 Å². The number of aryl methyl sites for hydroxylation is 1. The van der Waals surface area contributed by atoms with Crippen LogP contribution in [0.3, 0.4) is 0 Å². The minimum Gasteiger partial charge on any atom is -0.457 e. The van der Waals surface area contributed by atoms with Crippen LogP contribution in [-0.2, 0) is 4.79 Å². The number of hydrogen-bond acceptors (Lipinski definition) is 2. The Balaban J connectivity index is 1.67. The van der Waals surface area contributed by atoms with Gasteiger partial charge in [-0.25, -0.2) is 0 Å². The fourth-order valence-corrected chi connectivity index (χ4v) is 2.66. The molecule has 0 radical (unpaired) electrons. The maximum absolute atomic E-state index is 12.0. The molecule has 3 aromatic rings. The molecule has 0 fully saturated rings. The van der Waals surface area contributed by atoms with Crippen LogP contribution >= 0.6 is 27.5 Å². The van der Waals surface area contributed by atoms with Crippen LogP contribution in [0.2, 0.25) is 5.02 Å². The molecule has 3 nitrogen and oxygen atoms in total. The number of rotatable bonds is 4. The van der Waals surface area contributed by atoms with E-state index in [1.807, 2.05) is 61.5 Å². The molecular weight excluding hydrogens is 402 g/mol. The number of amides is 1. The Morgan fingerprint density at radius 3 is 2.60 bits per heavy atom. The largest absolute Gasteiger partial charge is 0.457 e. The summed E-state index contributed by atoms with van der Waals surface area (Å²) in [6, 6.07) is 16.8. The monoisotopic (exact) mass is 415 g/mol. The van der Waals surface area contributed by atoms with Gasteiger partial charge in [-0.15, -0.1) is 0 Å². The highest BCUT2D eigenvalue weighted by Gasteiger charge is 2.06. The van der Waals surface area contributed by atoms with Crippen LogP contribution in [0.4, 0.5) is 5.69 Å². The minimum atomic E-state index is -0.223. The molecule has 0 unspecified atom stereocenters. The van der Waals surface area contributed by atoms with Crippen molar-refractivity contribution in [2.75, 3.05) is 5.32 Å². The second-order valence-corrected chi connectivity index (χ2v) is 6.82. The number of furan rings is 1. The summed E-state index contributed by atoms with van der Waals surface area (Å²) in [6.07, 6.45) is 3.07. The Labute approximate surface area is 159 Å². The lowest BCUT2D eigenvalue weighted by Crippen LogP contribution is -2.07. The molecule has 0 spiro atoms. The predicted molar refractivity (Wildman–Crippen MR) is 106 cm³/mol. The smallest absolute Gasteiger partial charge is 0.248 e. The zero-order chi connectivity index (χ0) is 17.8. The van der Waals surface area contributed by atoms with Crippen molar-refractivity contribution in [1.29, 1.82) is 0 Å². The fraction of sp³-hybridized carbons (Fsp3) is 0.0500. The van der Waals surface area contributed by atoms with Gasteiger partial charge in [-0.2, -0.15) is 0 Å². The van der Waals surface area contributed by atoms with E-state index in [0.717, 1.165) is 21.3 Å². The zero-order valence-corrected chi connectivity index (χ0v) is 15.8. The standard InChI is InChI=1S/C20H15BrClNO2/c1-13-2-3-14(12-18(13)22)19-10-8-17(25-19)9-11-20(24)23-16-6-4-15(21)5-7-16/h2-12H,1H3,(H,23,24)/b11-9+. The summed E-state index contributed by atoms with van der Waals surface area (Å²) >= 11 is 9.50. The minimum absolute atomic E-state index is 0.223. The van der Waals surface area contributed by atoms with Crippen molar-refractivity contribution in [3.8, 4) is 11.3 Å². The van der Waals surface area contributed by atoms with Gasteiger partial charge in [0, 0.05) is 26.8 Å². The highest BCUT2D eigenvalue weighted by Crippen LogP contribution is 2.27. The Hall–Kier alpha value is -2.30. The molecule has 0 aliphatic carbocycles. The third kappa shape index (κ3) is 4.62. The molecule has 1 heterocycles. The third-order valence-electron chi connectivity index (χ3n) is 3.59. The fourth-order valence-electron chi connectivity index (χ4n) is 2.22. The number of benzene rings is 2. The summed E-state index contributed by atoms with van der Waals surface area (Å²) < 4.78 is 6.71. The van der Waals surface area contributed by atoms with Gasteiger partial charge in [0.15, 0.2) is 0 Å². The van der Waals surface area contributed by atoms with Gasteiger partial charge in [-0.3, -0.25) is 4.79 Å². The number of halogens is 2. The van der Waals surface area contributed by atoms with E-state index in [4.69, 9.17) is 16.0 Å². The van der Waals surface area contributed by atoms with E-state index in [2.05, 4.69) is 21.2 Å². The lowest BCUT2D eigenvalue weighted by molar-refractivity contribution is -0.111. The number of carbonyl (C=O) groups excluding carboxylic acids is 1. The van der Waals surface area contributed by atoms with Gasteiger partial charge in [0.05, 0.1) is 0 Å². The maximum Gasteiger partial charge on any atom is 0.248 e. The molecule has 1 aromatic heterocycles. The van der Waals surface area contributed by atoms with Crippen LogP contribution in [0.15, 0.2) is 69.6 Å². The van der Waals surface area contributed by atoms with Crippen LogP contribution < -0.4 is 5.32 Å². The van der Waals surface area contributed by atoms with Crippen molar-refractivity contribution in [2.45, 2.75) is 6.92 Å². The van der Waals surface area contributed by atoms with E-state index in [1.54, 1.807) is 6.08 Å². The van der Waals surface area contributed by atoms with Crippen LogP contribution in [0.1, 0.15) is 11.3 Å². The molecule has 5 heteroatoms. The highest BCUT2D eigenvalue weighted by atomic mass is 79.9. The summed E-state index contributed by atoms with van der Waals surface area (Å²) in [4.78, 5) is 12.0. The summed E-state index contributed by atoms with van der Waals surface area (Å²) in [5.41, 5.74) is 2.64. The van der Waals surface area contributed by atoms with E-state index < -0.39 is 0 Å². The molecule has 0 aliphatic rings. The first-order valence-corrected chi connectivity index (χ1v) is 8.79. The van der Waals surface area contributed by atoms with E-state index >= 15 is 0 Å². The Bertz CT molecular complexity index is 929. The van der Waals surface area contributed by atoms with Crippen molar-refractivity contribution in [3.63, 3.8) is 0 Å². The number of hydrogen-bond donors (Lipinski definition) is 1. The summed E-state index contributed by atoms with van der Waals surface area (Å²) in [6.45, 7) is 1.95. The predicted octanol–water partition coefficient (Wildman–Crippen LogP) is 6.32. The van der Waals surface area contributed by atoms with Crippen molar-refractivity contribution in [2.24, 2.45) is 0 Å². The van der Waals surface area contributed by atoms with Gasteiger partial charge in [-0.1, -0.05) is 39.7 Å². The molecule has 126 valence electrons. The first-order chi connectivity index (χ1) is 12.0. The molecule has 25 heavy (non-hydrogen) atoms. The average molecular weight is 417 g/mol. The quantitative estimate of drug-likeness (QED) is 0.505. The first kappa shape index (κ1) is 17.5. The van der Waals surface area contributed by atoms with Crippen LogP contribution in [0.5, 0.6) is 0 Å². The van der Waals surface area contributed by atoms with Crippen LogP contribution in [0, 0.1) is 6.92 Å². The van der Waals surface area contributed by atoms with Crippen LogP contribution in [-0.4, -0.2) is 5.91 Å². The van der Waals surface area contributed by atoms with Gasteiger partial charge in [-0.05, 0) is 61.0 Å². The molecule has 1 amide bonds. The van der Waals surface area contributed by atoms with E-state index in [1.165, 1.54) is 6.08 Å². The molecule has 0 saturated carbocycles. The Morgan fingerprint density at radius 2 is 1.88 bits per heavy atom. The molecule has 1 N–H and O–H groups in total. The average Bonchev–Trinajstić information content (AvgIpc) is 3.07. The lowest BCUT2D eigenvalue weighted by atomic mass is 10.1. The lowest BCUT2D eigenvalue weighted by Gasteiger charge is -2.01. The molecule has 0 saturated heterocycles. The van der Waals surface area contributed by atoms with Gasteiger partial charge >= 0.3 is 0 Å². The van der Waals surface area contributed by atoms with Gasteiger partial charge in [0.25, 0.3) is 0 Å². The van der Waals surface area contributed by atoms with Crippen molar-refractivity contribution in [3.05, 3.63) is 81.5 Å². The summed E-state index contributed by atoms with van der Waals surface area (Å²) in [7, 11) is 0. The van der Waals surface area contributed by atoms with E-state index in [9.17, 15) is 4.79 Å². The molecule has 2 aromatic carbocycles. The topological polar surface area (TPSA) is 42.2 Å². The van der Waals surface area contributed by atoms with Gasteiger partial charge < -0.3 is 9.73 Å². The number of carbonyl (C=O) groups is 1. The number of nitrogens with one attached hydrogen (secondary N) is 1. The second kappa shape index (κ2) is 7.72. The van der Waals surface area contributed by atoms with E-state index in [-0.39, 0.29) is 5.91 Å². The van der Waals surface area contributed by atoms with Gasteiger partial charge in [0.1, 0.15) is 11.5 Å². The van der Waals surface area contributed by atoms with Crippen molar-refractivity contribution in [1.82, 2.24) is 0 Å². The molecule has 0 atom stereocenters. The maximum atomic E-state index is 12.0. The molecule has 0 bridgehead atoms. The van der Waals surface area contributed by atoms with Gasteiger partial charge in [0.2, 0.25) is 5.91 Å². The molecule has 0 aliphatic heterocycles. The van der Waals surface area contributed by atoms with Crippen LogP contribution in [0.25, 0.3) is 17.4 Å². The third-order valence-corrected chi connectivity index (χ3v) is 4.53.